The Morgan fingerprint density at radius 1 is 1.29 bits per heavy atom. The molecule has 0 saturated heterocycles. The van der Waals surface area contributed by atoms with Gasteiger partial charge < -0.3 is 10.3 Å². The highest BCUT2D eigenvalue weighted by Crippen LogP contribution is 2.17. The molecule has 17 heavy (non-hydrogen) atoms. The first-order chi connectivity index (χ1) is 8.31. The second-order valence-corrected chi connectivity index (χ2v) is 4.78. The maximum absolute atomic E-state index is 3.59. The monoisotopic (exact) mass is 230 g/mol. The van der Waals surface area contributed by atoms with E-state index < -0.39 is 0 Å². The van der Waals surface area contributed by atoms with Gasteiger partial charge in [-0.15, -0.1) is 0 Å². The van der Waals surface area contributed by atoms with Gasteiger partial charge in [-0.25, -0.2) is 0 Å². The number of para-hydroxylation sites is 1. The number of nitrogens with one attached hydrogen (secondary N) is 2. The number of hydrogen-bond donors (Lipinski definition) is 2. The van der Waals surface area contributed by atoms with Gasteiger partial charge in [-0.05, 0) is 25.0 Å². The fourth-order valence-electron chi connectivity index (χ4n) is 2.17. The summed E-state index contributed by atoms with van der Waals surface area (Å²) in [5.74, 6) is 0. The lowest BCUT2D eigenvalue weighted by Gasteiger charge is -2.12. The molecule has 2 N–H and O–H groups in total. The van der Waals surface area contributed by atoms with Crippen LogP contribution in [0.25, 0.3) is 10.9 Å². The number of unbranched alkanes of at least 4 members (excludes halogenated alkanes) is 1. The first-order valence-corrected chi connectivity index (χ1v) is 6.59. The van der Waals surface area contributed by atoms with Crippen LogP contribution < -0.4 is 5.32 Å². The second kappa shape index (κ2) is 5.87. The Morgan fingerprint density at radius 3 is 2.94 bits per heavy atom. The summed E-state index contributed by atoms with van der Waals surface area (Å²) in [7, 11) is 0. The van der Waals surface area contributed by atoms with Gasteiger partial charge in [0.15, 0.2) is 0 Å². The van der Waals surface area contributed by atoms with Gasteiger partial charge in [0.05, 0.1) is 0 Å². The Kier molecular flexibility index (Phi) is 4.21. The molecule has 0 bridgehead atoms. The molecule has 92 valence electrons. The van der Waals surface area contributed by atoms with E-state index in [1.54, 1.807) is 0 Å². The molecule has 2 nitrogen and oxygen atoms in total. The minimum Gasteiger partial charge on any atom is -0.361 e. The third kappa shape index (κ3) is 3.10. The van der Waals surface area contributed by atoms with E-state index >= 15 is 0 Å². The zero-order valence-electron chi connectivity index (χ0n) is 10.8. The van der Waals surface area contributed by atoms with Crippen molar-refractivity contribution in [2.45, 2.75) is 45.7 Å². The van der Waals surface area contributed by atoms with Crippen molar-refractivity contribution in [3.8, 4) is 0 Å². The highest BCUT2D eigenvalue weighted by molar-refractivity contribution is 5.82. The number of aromatic amines is 1. The third-order valence-corrected chi connectivity index (χ3v) is 3.31. The van der Waals surface area contributed by atoms with Crippen LogP contribution in [0.15, 0.2) is 30.5 Å². The Labute approximate surface area is 103 Å². The van der Waals surface area contributed by atoms with E-state index in [0.717, 1.165) is 6.54 Å². The van der Waals surface area contributed by atoms with E-state index in [0.29, 0.717) is 6.04 Å². The SMILES string of the molecule is CCCCC(C)NCc1c[nH]c2ccccc12. The first kappa shape index (κ1) is 12.2. The Morgan fingerprint density at radius 2 is 2.12 bits per heavy atom. The fourth-order valence-corrected chi connectivity index (χ4v) is 2.17. The minimum atomic E-state index is 0.601. The molecular formula is C15H22N2. The predicted molar refractivity (Wildman–Crippen MR) is 74.1 cm³/mol. The van der Waals surface area contributed by atoms with Gasteiger partial charge in [-0.3, -0.25) is 0 Å². The van der Waals surface area contributed by atoms with Gasteiger partial charge in [0.25, 0.3) is 0 Å². The number of aromatic nitrogens is 1. The van der Waals surface area contributed by atoms with Crippen molar-refractivity contribution in [2.75, 3.05) is 0 Å². The van der Waals surface area contributed by atoms with E-state index in [2.05, 4.69) is 54.6 Å². The molecule has 1 aromatic carbocycles. The van der Waals surface area contributed by atoms with Crippen LogP contribution in [0.1, 0.15) is 38.7 Å². The quantitative estimate of drug-likeness (QED) is 0.775. The minimum absolute atomic E-state index is 0.601. The zero-order chi connectivity index (χ0) is 12.1. The maximum atomic E-state index is 3.59. The van der Waals surface area contributed by atoms with Crippen LogP contribution in [0, 0.1) is 0 Å². The smallest absolute Gasteiger partial charge is 0.0457 e. The molecule has 0 radical (unpaired) electrons. The van der Waals surface area contributed by atoms with Crippen molar-refractivity contribution < 1.29 is 0 Å². The van der Waals surface area contributed by atoms with E-state index in [4.69, 9.17) is 0 Å². The van der Waals surface area contributed by atoms with Crippen molar-refractivity contribution in [1.82, 2.24) is 10.3 Å². The summed E-state index contributed by atoms with van der Waals surface area (Å²) in [6, 6.07) is 9.07. The van der Waals surface area contributed by atoms with Crippen LogP contribution >= 0.6 is 0 Å². The van der Waals surface area contributed by atoms with Crippen molar-refractivity contribution in [1.29, 1.82) is 0 Å². The highest BCUT2D eigenvalue weighted by Gasteiger charge is 2.04. The summed E-state index contributed by atoms with van der Waals surface area (Å²) in [5.41, 5.74) is 2.59. The van der Waals surface area contributed by atoms with Crippen LogP contribution in [-0.2, 0) is 6.54 Å². The van der Waals surface area contributed by atoms with Crippen molar-refractivity contribution in [3.63, 3.8) is 0 Å². The molecule has 1 heterocycles. The van der Waals surface area contributed by atoms with E-state index in [1.807, 2.05) is 0 Å². The van der Waals surface area contributed by atoms with Crippen LogP contribution in [0.2, 0.25) is 0 Å². The van der Waals surface area contributed by atoms with E-state index in [9.17, 15) is 0 Å². The maximum Gasteiger partial charge on any atom is 0.0457 e. The van der Waals surface area contributed by atoms with Crippen LogP contribution in [0.3, 0.4) is 0 Å². The molecular weight excluding hydrogens is 208 g/mol. The van der Waals surface area contributed by atoms with Gasteiger partial charge in [0.1, 0.15) is 0 Å². The molecule has 2 heteroatoms. The van der Waals surface area contributed by atoms with Crippen molar-refractivity contribution in [3.05, 3.63) is 36.0 Å². The average molecular weight is 230 g/mol. The summed E-state index contributed by atoms with van der Waals surface area (Å²) in [4.78, 5) is 3.32. The largest absolute Gasteiger partial charge is 0.361 e. The van der Waals surface area contributed by atoms with Crippen LogP contribution in [0.5, 0.6) is 0 Å². The third-order valence-electron chi connectivity index (χ3n) is 3.31. The molecule has 1 atom stereocenters. The lowest BCUT2D eigenvalue weighted by atomic mass is 10.1. The number of benzene rings is 1. The summed E-state index contributed by atoms with van der Waals surface area (Å²) in [5, 5.41) is 4.93. The number of fused-ring (bicyclic) bond motifs is 1. The number of rotatable bonds is 6. The zero-order valence-corrected chi connectivity index (χ0v) is 10.8. The topological polar surface area (TPSA) is 27.8 Å². The first-order valence-electron chi connectivity index (χ1n) is 6.59. The molecule has 0 aliphatic carbocycles. The summed E-state index contributed by atoms with van der Waals surface area (Å²) < 4.78 is 0. The van der Waals surface area contributed by atoms with E-state index in [1.165, 1.54) is 35.7 Å². The Bertz CT molecular complexity index is 459. The summed E-state index contributed by atoms with van der Waals surface area (Å²) >= 11 is 0. The van der Waals surface area contributed by atoms with Crippen LogP contribution in [-0.4, -0.2) is 11.0 Å². The van der Waals surface area contributed by atoms with Crippen molar-refractivity contribution >= 4 is 10.9 Å². The fraction of sp³-hybridized carbons (Fsp3) is 0.467. The predicted octanol–water partition coefficient (Wildman–Crippen LogP) is 3.84. The Hall–Kier alpha value is -1.28. The molecule has 0 saturated carbocycles. The summed E-state index contributed by atoms with van der Waals surface area (Å²) in [6.07, 6.45) is 5.96. The van der Waals surface area contributed by atoms with Gasteiger partial charge in [0.2, 0.25) is 0 Å². The van der Waals surface area contributed by atoms with Gasteiger partial charge in [-0.1, -0.05) is 38.0 Å². The molecule has 0 spiro atoms. The molecule has 1 aromatic heterocycles. The number of H-pyrrole nitrogens is 1. The van der Waals surface area contributed by atoms with Crippen LogP contribution in [0.4, 0.5) is 0 Å². The van der Waals surface area contributed by atoms with Gasteiger partial charge in [0, 0.05) is 29.7 Å². The molecule has 0 aliphatic heterocycles. The van der Waals surface area contributed by atoms with Crippen molar-refractivity contribution in [2.24, 2.45) is 0 Å². The highest BCUT2D eigenvalue weighted by atomic mass is 14.9. The average Bonchev–Trinajstić information content (AvgIpc) is 2.77. The molecule has 2 rings (SSSR count). The van der Waals surface area contributed by atoms with Gasteiger partial charge >= 0.3 is 0 Å². The van der Waals surface area contributed by atoms with Gasteiger partial charge in [-0.2, -0.15) is 0 Å². The summed E-state index contributed by atoms with van der Waals surface area (Å²) in [6.45, 7) is 5.46. The Balaban J connectivity index is 1.95. The molecule has 1 unspecified atom stereocenters. The van der Waals surface area contributed by atoms with E-state index in [-0.39, 0.29) is 0 Å². The molecule has 0 fully saturated rings. The number of hydrogen-bond acceptors (Lipinski definition) is 1. The molecule has 0 aliphatic rings. The lowest BCUT2D eigenvalue weighted by molar-refractivity contribution is 0.496. The molecule has 2 aromatic rings. The normalized spacial score (nSPS) is 13.1. The lowest BCUT2D eigenvalue weighted by Crippen LogP contribution is -2.25. The molecule has 0 amide bonds. The standard InChI is InChI=1S/C15H22N2/c1-3-4-7-12(2)16-10-13-11-17-15-9-6-5-8-14(13)15/h5-6,8-9,11-12,16-17H,3-4,7,10H2,1-2H3. The second-order valence-electron chi connectivity index (χ2n) is 4.78.